The molecule has 2 aromatic heterocycles. The topological polar surface area (TPSA) is 75.6 Å². The number of benzene rings is 1. The Morgan fingerprint density at radius 1 is 1.24 bits per heavy atom. The number of hydrogen-bond donors (Lipinski definition) is 0. The van der Waals surface area contributed by atoms with E-state index in [1.165, 1.54) is 12.1 Å². The number of aryl methyl sites for hydroxylation is 1. The van der Waals surface area contributed by atoms with Crippen molar-refractivity contribution in [1.29, 1.82) is 5.26 Å². The van der Waals surface area contributed by atoms with Crippen molar-refractivity contribution < 1.29 is 8.91 Å². The highest BCUT2D eigenvalue weighted by molar-refractivity contribution is 5.61. The average molecular weight is 280 g/mol. The molecule has 0 aliphatic heterocycles. The van der Waals surface area contributed by atoms with E-state index in [2.05, 4.69) is 21.2 Å². The van der Waals surface area contributed by atoms with E-state index < -0.39 is 5.82 Å². The van der Waals surface area contributed by atoms with Crippen LogP contribution in [0.5, 0.6) is 0 Å². The van der Waals surface area contributed by atoms with Gasteiger partial charge in [-0.05, 0) is 42.8 Å². The van der Waals surface area contributed by atoms with E-state index in [4.69, 9.17) is 9.78 Å². The maximum absolute atomic E-state index is 12.8. The summed E-state index contributed by atoms with van der Waals surface area (Å²) in [5.41, 5.74) is 2.53. The Labute approximate surface area is 119 Å². The zero-order chi connectivity index (χ0) is 14.8. The highest BCUT2D eigenvalue weighted by Gasteiger charge is 2.12. The number of pyridine rings is 1. The normalized spacial score (nSPS) is 10.3. The number of halogens is 1. The molecule has 3 rings (SSSR count). The zero-order valence-corrected chi connectivity index (χ0v) is 11.0. The van der Waals surface area contributed by atoms with Crippen molar-refractivity contribution in [3.8, 4) is 29.0 Å². The van der Waals surface area contributed by atoms with Crippen molar-refractivity contribution in [2.24, 2.45) is 0 Å². The quantitative estimate of drug-likeness (QED) is 0.720. The summed E-state index contributed by atoms with van der Waals surface area (Å²) in [6.45, 7) is 1.88. The zero-order valence-electron chi connectivity index (χ0n) is 11.0. The van der Waals surface area contributed by atoms with Crippen LogP contribution in [-0.4, -0.2) is 15.1 Å². The molecule has 0 aliphatic rings. The molecule has 0 amide bonds. The predicted molar refractivity (Wildman–Crippen MR) is 72.4 cm³/mol. The van der Waals surface area contributed by atoms with Crippen molar-refractivity contribution in [2.75, 3.05) is 0 Å². The largest absolute Gasteiger partial charge is 0.332 e. The first-order chi connectivity index (χ1) is 10.2. The third kappa shape index (κ3) is 2.62. The summed E-state index contributed by atoms with van der Waals surface area (Å²) >= 11 is 0. The molecule has 0 unspecified atom stereocenters. The van der Waals surface area contributed by atoms with E-state index in [0.29, 0.717) is 22.6 Å². The van der Waals surface area contributed by atoms with Crippen molar-refractivity contribution in [3.05, 3.63) is 53.5 Å². The van der Waals surface area contributed by atoms with Crippen LogP contribution >= 0.6 is 0 Å². The lowest BCUT2D eigenvalue weighted by Crippen LogP contribution is -1.87. The van der Waals surface area contributed by atoms with Crippen LogP contribution in [0.1, 0.15) is 11.1 Å². The summed E-state index contributed by atoms with van der Waals surface area (Å²) in [7, 11) is 0. The molecule has 0 fully saturated rings. The Kier molecular flexibility index (Phi) is 3.16. The summed E-state index contributed by atoms with van der Waals surface area (Å²) in [4.78, 5) is 8.11. The highest BCUT2D eigenvalue weighted by Crippen LogP contribution is 2.22. The molecular weight excluding hydrogens is 271 g/mol. The molecule has 0 radical (unpaired) electrons. The second-order valence-corrected chi connectivity index (χ2v) is 4.48. The first-order valence-corrected chi connectivity index (χ1v) is 6.13. The van der Waals surface area contributed by atoms with E-state index in [0.717, 1.165) is 11.8 Å². The Morgan fingerprint density at radius 2 is 2.10 bits per heavy atom. The molecule has 1 aromatic carbocycles. The van der Waals surface area contributed by atoms with E-state index in [9.17, 15) is 4.39 Å². The van der Waals surface area contributed by atoms with Gasteiger partial charge < -0.3 is 4.52 Å². The summed E-state index contributed by atoms with van der Waals surface area (Å²) in [6, 6.07) is 10.1. The fourth-order valence-electron chi connectivity index (χ4n) is 1.92. The Morgan fingerprint density at radius 3 is 2.81 bits per heavy atom. The van der Waals surface area contributed by atoms with Gasteiger partial charge in [-0.3, -0.25) is 0 Å². The molecule has 0 atom stereocenters. The van der Waals surface area contributed by atoms with Crippen LogP contribution in [0.3, 0.4) is 0 Å². The van der Waals surface area contributed by atoms with Crippen LogP contribution < -0.4 is 0 Å². The number of rotatable bonds is 2. The van der Waals surface area contributed by atoms with Crippen LogP contribution in [0.2, 0.25) is 0 Å². The molecule has 6 heteroatoms. The van der Waals surface area contributed by atoms with Crippen LogP contribution in [0.25, 0.3) is 23.0 Å². The standard InChI is InChI=1S/C15H9FN4O/c1-9-4-10(7-17)6-11(5-9)14-19-15(21-20-14)13-3-2-12(16)8-18-13/h2-6,8H,1H3. The number of nitrogens with zero attached hydrogens (tertiary/aromatic N) is 4. The molecule has 3 aromatic rings. The van der Waals surface area contributed by atoms with Crippen LogP contribution in [0.15, 0.2) is 41.1 Å². The van der Waals surface area contributed by atoms with Gasteiger partial charge in [0.1, 0.15) is 11.5 Å². The van der Waals surface area contributed by atoms with Crippen LogP contribution in [-0.2, 0) is 0 Å². The smallest absolute Gasteiger partial charge is 0.276 e. The fraction of sp³-hybridized carbons (Fsp3) is 0.0667. The SMILES string of the molecule is Cc1cc(C#N)cc(-c2noc(-c3ccc(F)cn3)n2)c1. The third-order valence-corrected chi connectivity index (χ3v) is 2.84. The monoisotopic (exact) mass is 280 g/mol. The van der Waals surface area contributed by atoms with Gasteiger partial charge in [-0.1, -0.05) is 5.16 Å². The second kappa shape index (κ2) is 5.13. The molecule has 0 spiro atoms. The van der Waals surface area contributed by atoms with E-state index in [1.807, 2.05) is 13.0 Å². The number of hydrogen-bond acceptors (Lipinski definition) is 5. The Hall–Kier alpha value is -3.07. The lowest BCUT2D eigenvalue weighted by Gasteiger charge is -1.98. The third-order valence-electron chi connectivity index (χ3n) is 2.84. The van der Waals surface area contributed by atoms with Crippen molar-refractivity contribution in [1.82, 2.24) is 15.1 Å². The Bertz CT molecular complexity index is 834. The number of aromatic nitrogens is 3. The minimum atomic E-state index is -0.434. The first kappa shape index (κ1) is 12.9. The maximum Gasteiger partial charge on any atom is 0.276 e. The molecule has 0 N–H and O–H groups in total. The van der Waals surface area contributed by atoms with Gasteiger partial charge in [-0.15, -0.1) is 0 Å². The minimum absolute atomic E-state index is 0.199. The summed E-state index contributed by atoms with van der Waals surface area (Å²) in [5.74, 6) is 0.122. The van der Waals surface area contributed by atoms with Gasteiger partial charge in [0, 0.05) is 5.56 Å². The fourth-order valence-corrected chi connectivity index (χ4v) is 1.92. The summed E-state index contributed by atoms with van der Waals surface area (Å²) < 4.78 is 18.0. The molecule has 0 saturated carbocycles. The van der Waals surface area contributed by atoms with E-state index in [1.54, 1.807) is 12.1 Å². The van der Waals surface area contributed by atoms with Crippen molar-refractivity contribution >= 4 is 0 Å². The van der Waals surface area contributed by atoms with Gasteiger partial charge in [0.15, 0.2) is 0 Å². The molecule has 0 saturated heterocycles. The van der Waals surface area contributed by atoms with E-state index in [-0.39, 0.29) is 5.89 Å². The van der Waals surface area contributed by atoms with Gasteiger partial charge >= 0.3 is 0 Å². The van der Waals surface area contributed by atoms with Gasteiger partial charge in [0.25, 0.3) is 5.89 Å². The molecule has 0 bridgehead atoms. The van der Waals surface area contributed by atoms with Crippen LogP contribution in [0, 0.1) is 24.1 Å². The van der Waals surface area contributed by atoms with Crippen molar-refractivity contribution in [2.45, 2.75) is 6.92 Å². The second-order valence-electron chi connectivity index (χ2n) is 4.48. The Balaban J connectivity index is 2.00. The average Bonchev–Trinajstić information content (AvgIpc) is 2.97. The summed E-state index contributed by atoms with van der Waals surface area (Å²) in [6.07, 6.45) is 1.08. The maximum atomic E-state index is 12.8. The minimum Gasteiger partial charge on any atom is -0.332 e. The molecule has 0 aliphatic carbocycles. The van der Waals surface area contributed by atoms with Crippen LogP contribution in [0.4, 0.5) is 4.39 Å². The van der Waals surface area contributed by atoms with Gasteiger partial charge in [0.05, 0.1) is 17.8 Å². The lowest BCUT2D eigenvalue weighted by atomic mass is 10.1. The van der Waals surface area contributed by atoms with Gasteiger partial charge in [-0.2, -0.15) is 10.2 Å². The predicted octanol–water partition coefficient (Wildman–Crippen LogP) is 3.12. The molecule has 21 heavy (non-hydrogen) atoms. The molecular formula is C15H9FN4O. The summed E-state index contributed by atoms with van der Waals surface area (Å²) in [5, 5.41) is 12.9. The van der Waals surface area contributed by atoms with Gasteiger partial charge in [0.2, 0.25) is 5.82 Å². The molecule has 5 nitrogen and oxygen atoms in total. The number of nitriles is 1. The van der Waals surface area contributed by atoms with Gasteiger partial charge in [-0.25, -0.2) is 9.37 Å². The van der Waals surface area contributed by atoms with E-state index >= 15 is 0 Å². The van der Waals surface area contributed by atoms with Crippen molar-refractivity contribution in [3.63, 3.8) is 0 Å². The first-order valence-electron chi connectivity index (χ1n) is 6.13. The lowest BCUT2D eigenvalue weighted by molar-refractivity contribution is 0.431. The molecule has 2 heterocycles. The highest BCUT2D eigenvalue weighted by atomic mass is 19.1. The molecule has 102 valence electrons.